The molecule has 0 radical (unpaired) electrons. The lowest BCUT2D eigenvalue weighted by atomic mass is 9.74. The summed E-state index contributed by atoms with van der Waals surface area (Å²) in [5.41, 5.74) is 3.74. The zero-order chi connectivity index (χ0) is 20.7. The number of hydrogen-bond donors (Lipinski definition) is 1. The molecule has 158 valence electrons. The maximum atomic E-state index is 4.90. The van der Waals surface area contributed by atoms with Crippen LogP contribution < -0.4 is 10.2 Å². The van der Waals surface area contributed by atoms with Crippen molar-refractivity contribution in [2.75, 3.05) is 25.0 Å². The predicted octanol–water partition coefficient (Wildman–Crippen LogP) is 4.25. The topological polar surface area (TPSA) is 58.3 Å². The molecule has 4 heterocycles. The molecular weight excluding hydrogens is 392 g/mol. The zero-order valence-corrected chi connectivity index (χ0v) is 18.9. The van der Waals surface area contributed by atoms with E-state index in [4.69, 9.17) is 4.98 Å². The number of imidazole rings is 1. The summed E-state index contributed by atoms with van der Waals surface area (Å²) in [6, 6.07) is 2.75. The summed E-state index contributed by atoms with van der Waals surface area (Å²) in [6.07, 6.45) is 14.3. The van der Waals surface area contributed by atoms with Crippen molar-refractivity contribution in [1.29, 1.82) is 0 Å². The first kappa shape index (κ1) is 19.8. The Hall–Kier alpha value is -2.12. The van der Waals surface area contributed by atoms with Gasteiger partial charge in [0.05, 0.1) is 4.90 Å². The van der Waals surface area contributed by atoms with Gasteiger partial charge in [0.2, 0.25) is 5.95 Å². The average Bonchev–Trinajstić information content (AvgIpc) is 3.40. The number of nitrogens with one attached hydrogen (secondary N) is 1. The van der Waals surface area contributed by atoms with Crippen LogP contribution in [-0.2, 0) is 0 Å². The average molecular weight is 423 g/mol. The second kappa shape index (κ2) is 7.85. The summed E-state index contributed by atoms with van der Waals surface area (Å²) >= 11 is 1.72. The fraction of sp³-hybridized carbons (Fsp3) is 0.522. The molecule has 3 aromatic rings. The van der Waals surface area contributed by atoms with Crippen LogP contribution in [0.25, 0.3) is 5.65 Å². The molecular formula is C23H30N6S. The minimum atomic E-state index is 0.478. The second-order valence-electron chi connectivity index (χ2n) is 8.75. The molecule has 2 aliphatic rings. The van der Waals surface area contributed by atoms with Crippen LogP contribution in [0.15, 0.2) is 40.6 Å². The van der Waals surface area contributed by atoms with Gasteiger partial charge in [0.25, 0.3) is 0 Å². The number of fused-ring (bicyclic) bond motifs is 1. The van der Waals surface area contributed by atoms with Gasteiger partial charge in [-0.25, -0.2) is 9.97 Å². The van der Waals surface area contributed by atoms with Crippen molar-refractivity contribution in [3.05, 3.63) is 42.1 Å². The lowest BCUT2D eigenvalue weighted by Crippen LogP contribution is -2.48. The van der Waals surface area contributed by atoms with Gasteiger partial charge in [-0.2, -0.15) is 0 Å². The summed E-state index contributed by atoms with van der Waals surface area (Å²) in [5.74, 6) is 1.02. The molecule has 1 aliphatic carbocycles. The molecule has 1 atom stereocenters. The molecule has 0 aromatic carbocycles. The number of pyridine rings is 1. The van der Waals surface area contributed by atoms with E-state index in [0.29, 0.717) is 11.5 Å². The normalized spacial score (nSPS) is 21.0. The van der Waals surface area contributed by atoms with E-state index in [9.17, 15) is 0 Å². The van der Waals surface area contributed by atoms with Gasteiger partial charge in [-0.3, -0.25) is 9.38 Å². The highest BCUT2D eigenvalue weighted by Gasteiger charge is 2.44. The van der Waals surface area contributed by atoms with Crippen LogP contribution in [-0.4, -0.2) is 45.5 Å². The van der Waals surface area contributed by atoms with Crippen molar-refractivity contribution >= 4 is 23.4 Å². The molecule has 2 fully saturated rings. The standard InChI is InChI=1S/C23H30N6S/c1-16-17(2)25-10-6-18(16)30-19-15-27-22(29-14-11-26-21(19)29)28-12-8-23(9-13-28)7-4-5-20(23)24-3/h6,10-11,14-15,20,24H,4-5,7-9,12-13H2,1-3H3/t20-/m1/s1. The largest absolute Gasteiger partial charge is 0.342 e. The highest BCUT2D eigenvalue weighted by molar-refractivity contribution is 7.99. The van der Waals surface area contributed by atoms with Crippen LogP contribution in [0, 0.1) is 19.3 Å². The molecule has 0 unspecified atom stereocenters. The molecule has 1 saturated carbocycles. The number of piperidine rings is 1. The number of aromatic nitrogens is 4. The van der Waals surface area contributed by atoms with E-state index in [1.807, 2.05) is 24.8 Å². The van der Waals surface area contributed by atoms with Crippen molar-refractivity contribution in [3.8, 4) is 0 Å². The molecule has 1 saturated heterocycles. The highest BCUT2D eigenvalue weighted by Crippen LogP contribution is 2.46. The predicted molar refractivity (Wildman–Crippen MR) is 121 cm³/mol. The molecule has 0 amide bonds. The first-order chi connectivity index (χ1) is 14.6. The van der Waals surface area contributed by atoms with Crippen LogP contribution >= 0.6 is 11.8 Å². The Balaban J connectivity index is 1.40. The van der Waals surface area contributed by atoms with Gasteiger partial charge in [0.1, 0.15) is 0 Å². The monoisotopic (exact) mass is 422 g/mol. The molecule has 1 N–H and O–H groups in total. The van der Waals surface area contributed by atoms with Gasteiger partial charge in [-0.1, -0.05) is 18.2 Å². The SMILES string of the molecule is CN[C@@H]1CCCC12CCN(c1ncc(Sc3ccnc(C)c3C)c3nccn13)CC2. The number of nitrogens with zero attached hydrogens (tertiary/aromatic N) is 5. The van der Waals surface area contributed by atoms with Crippen LogP contribution in [0.4, 0.5) is 5.95 Å². The number of hydrogen-bond acceptors (Lipinski definition) is 6. The van der Waals surface area contributed by atoms with E-state index in [0.717, 1.165) is 35.3 Å². The van der Waals surface area contributed by atoms with Crippen molar-refractivity contribution in [3.63, 3.8) is 0 Å². The molecule has 5 rings (SSSR count). The summed E-state index contributed by atoms with van der Waals surface area (Å²) in [6.45, 7) is 6.30. The van der Waals surface area contributed by atoms with E-state index in [1.54, 1.807) is 11.8 Å². The van der Waals surface area contributed by atoms with Crippen molar-refractivity contribution in [2.45, 2.75) is 61.8 Å². The Morgan fingerprint density at radius 3 is 2.70 bits per heavy atom. The second-order valence-corrected chi connectivity index (χ2v) is 9.83. The molecule has 6 nitrogen and oxygen atoms in total. The van der Waals surface area contributed by atoms with Gasteiger partial charge in [0.15, 0.2) is 5.65 Å². The van der Waals surface area contributed by atoms with E-state index in [2.05, 4.69) is 51.5 Å². The van der Waals surface area contributed by atoms with E-state index < -0.39 is 0 Å². The van der Waals surface area contributed by atoms with Crippen molar-refractivity contribution in [1.82, 2.24) is 24.7 Å². The number of anilines is 1. The van der Waals surface area contributed by atoms with Gasteiger partial charge >= 0.3 is 0 Å². The molecule has 7 heteroatoms. The Kier molecular flexibility index (Phi) is 5.19. The Bertz CT molecular complexity index is 1050. The smallest absolute Gasteiger partial charge is 0.211 e. The first-order valence-corrected chi connectivity index (χ1v) is 11.8. The summed E-state index contributed by atoms with van der Waals surface area (Å²) < 4.78 is 2.16. The van der Waals surface area contributed by atoms with Crippen molar-refractivity contribution < 1.29 is 0 Å². The van der Waals surface area contributed by atoms with Gasteiger partial charge in [-0.05, 0) is 63.6 Å². The third-order valence-corrected chi connectivity index (χ3v) is 8.47. The Morgan fingerprint density at radius 1 is 1.07 bits per heavy atom. The number of aryl methyl sites for hydroxylation is 1. The van der Waals surface area contributed by atoms with E-state index in [-0.39, 0.29) is 0 Å². The molecule has 30 heavy (non-hydrogen) atoms. The van der Waals surface area contributed by atoms with Crippen LogP contribution in [0.2, 0.25) is 0 Å². The van der Waals surface area contributed by atoms with E-state index >= 15 is 0 Å². The molecule has 1 aliphatic heterocycles. The summed E-state index contributed by atoms with van der Waals surface area (Å²) in [4.78, 5) is 18.7. The van der Waals surface area contributed by atoms with Crippen LogP contribution in [0.5, 0.6) is 0 Å². The van der Waals surface area contributed by atoms with E-state index in [1.165, 1.54) is 42.6 Å². The Morgan fingerprint density at radius 2 is 1.90 bits per heavy atom. The van der Waals surface area contributed by atoms with Gasteiger partial charge in [0, 0.05) is 54.5 Å². The summed E-state index contributed by atoms with van der Waals surface area (Å²) in [5, 5.41) is 3.59. The van der Waals surface area contributed by atoms with Gasteiger partial charge in [-0.15, -0.1) is 0 Å². The molecule has 0 bridgehead atoms. The third-order valence-electron chi connectivity index (χ3n) is 7.30. The van der Waals surface area contributed by atoms with Crippen LogP contribution in [0.1, 0.15) is 43.4 Å². The molecule has 3 aromatic heterocycles. The first-order valence-electron chi connectivity index (χ1n) is 11.0. The minimum absolute atomic E-state index is 0.478. The Labute approximate surface area is 182 Å². The number of rotatable bonds is 4. The maximum absolute atomic E-state index is 4.90. The van der Waals surface area contributed by atoms with Crippen molar-refractivity contribution in [2.24, 2.45) is 5.41 Å². The minimum Gasteiger partial charge on any atom is -0.342 e. The van der Waals surface area contributed by atoms with Gasteiger partial charge < -0.3 is 10.2 Å². The fourth-order valence-electron chi connectivity index (χ4n) is 5.38. The summed E-state index contributed by atoms with van der Waals surface area (Å²) in [7, 11) is 2.13. The zero-order valence-electron chi connectivity index (χ0n) is 18.1. The fourth-order valence-corrected chi connectivity index (χ4v) is 6.39. The highest BCUT2D eigenvalue weighted by atomic mass is 32.2. The van der Waals surface area contributed by atoms with Crippen LogP contribution in [0.3, 0.4) is 0 Å². The quantitative estimate of drug-likeness (QED) is 0.678. The lowest BCUT2D eigenvalue weighted by Gasteiger charge is -2.43. The third kappa shape index (κ3) is 3.28. The molecule has 1 spiro atoms. The maximum Gasteiger partial charge on any atom is 0.211 e. The lowest BCUT2D eigenvalue weighted by molar-refractivity contribution is 0.177.